The molecule has 20 heavy (non-hydrogen) atoms. The highest BCUT2D eigenvalue weighted by Gasteiger charge is 2.10. The normalized spacial score (nSPS) is 12.2. The molecule has 0 fully saturated rings. The van der Waals surface area contributed by atoms with E-state index in [1.807, 2.05) is 43.3 Å². The van der Waals surface area contributed by atoms with Crippen molar-refractivity contribution >= 4 is 31.9 Å². The van der Waals surface area contributed by atoms with E-state index in [4.69, 9.17) is 10.5 Å². The zero-order valence-electron chi connectivity index (χ0n) is 11.3. The molecule has 0 amide bonds. The van der Waals surface area contributed by atoms with Crippen LogP contribution in [0.25, 0.3) is 0 Å². The summed E-state index contributed by atoms with van der Waals surface area (Å²) in [6.45, 7) is 2.54. The third kappa shape index (κ3) is 4.33. The van der Waals surface area contributed by atoms with Gasteiger partial charge in [-0.2, -0.15) is 0 Å². The molecule has 4 heteroatoms. The number of para-hydroxylation sites is 1. The Bertz CT molecular complexity index is 567. The summed E-state index contributed by atoms with van der Waals surface area (Å²) >= 11 is 6.98. The molecule has 0 bridgehead atoms. The Hall–Kier alpha value is -0.840. The molecular weight excluding hydrogens is 382 g/mol. The van der Waals surface area contributed by atoms with Crippen LogP contribution in [0.5, 0.6) is 5.75 Å². The molecule has 1 atom stereocenters. The predicted molar refractivity (Wildman–Crippen MR) is 90.0 cm³/mol. The average Bonchev–Trinajstić information content (AvgIpc) is 2.39. The Kier molecular flexibility index (Phi) is 5.64. The Morgan fingerprint density at radius 1 is 1.10 bits per heavy atom. The van der Waals surface area contributed by atoms with Crippen LogP contribution in [0.1, 0.15) is 18.1 Å². The van der Waals surface area contributed by atoms with Gasteiger partial charge < -0.3 is 10.5 Å². The second-order valence-electron chi connectivity index (χ2n) is 4.82. The quantitative estimate of drug-likeness (QED) is 0.793. The van der Waals surface area contributed by atoms with E-state index in [0.29, 0.717) is 6.61 Å². The van der Waals surface area contributed by atoms with Crippen molar-refractivity contribution in [3.05, 3.63) is 62.5 Å². The van der Waals surface area contributed by atoms with Gasteiger partial charge in [-0.3, -0.25) is 0 Å². The lowest BCUT2D eigenvalue weighted by Gasteiger charge is -2.15. The van der Waals surface area contributed by atoms with Gasteiger partial charge >= 0.3 is 0 Å². The minimum absolute atomic E-state index is 0.110. The zero-order valence-corrected chi connectivity index (χ0v) is 14.4. The fraction of sp³-hybridized carbons (Fsp3) is 0.250. The number of nitrogens with two attached hydrogens (primary N) is 1. The van der Waals surface area contributed by atoms with Gasteiger partial charge in [0.05, 0.1) is 4.47 Å². The van der Waals surface area contributed by atoms with Crippen LogP contribution in [0.15, 0.2) is 51.4 Å². The molecule has 0 aromatic heterocycles. The lowest BCUT2D eigenvalue weighted by atomic mass is 10.1. The van der Waals surface area contributed by atoms with Crippen molar-refractivity contribution in [2.45, 2.75) is 26.0 Å². The second-order valence-corrected chi connectivity index (χ2v) is 6.59. The number of hydrogen-bond donors (Lipinski definition) is 1. The van der Waals surface area contributed by atoms with Crippen LogP contribution < -0.4 is 10.5 Å². The first-order chi connectivity index (χ1) is 9.56. The van der Waals surface area contributed by atoms with Crippen molar-refractivity contribution in [1.82, 2.24) is 0 Å². The van der Waals surface area contributed by atoms with Gasteiger partial charge in [0.2, 0.25) is 0 Å². The maximum Gasteiger partial charge on any atom is 0.137 e. The number of halogens is 2. The Balaban J connectivity index is 2.13. The van der Waals surface area contributed by atoms with Crippen LogP contribution in [0.2, 0.25) is 0 Å². The summed E-state index contributed by atoms with van der Waals surface area (Å²) in [5, 5.41) is 0. The van der Waals surface area contributed by atoms with Gasteiger partial charge in [0, 0.05) is 10.5 Å². The molecule has 0 saturated heterocycles. The van der Waals surface area contributed by atoms with Crippen molar-refractivity contribution in [2.24, 2.45) is 5.73 Å². The van der Waals surface area contributed by atoms with Gasteiger partial charge in [0.25, 0.3) is 0 Å². The SMILES string of the molecule is CC(N)Cc1cccc(Br)c1OCc1ccc(Br)cc1. The van der Waals surface area contributed by atoms with Crippen molar-refractivity contribution in [3.8, 4) is 5.75 Å². The maximum atomic E-state index is 5.98. The number of benzene rings is 2. The highest BCUT2D eigenvalue weighted by atomic mass is 79.9. The van der Waals surface area contributed by atoms with E-state index in [1.165, 1.54) is 0 Å². The van der Waals surface area contributed by atoms with Gasteiger partial charge in [0.15, 0.2) is 0 Å². The summed E-state index contributed by atoms with van der Waals surface area (Å²) in [6.07, 6.45) is 0.801. The molecule has 0 saturated carbocycles. The number of ether oxygens (including phenoxy) is 1. The maximum absolute atomic E-state index is 5.98. The summed E-state index contributed by atoms with van der Waals surface area (Å²) in [5.41, 5.74) is 8.16. The molecule has 0 aliphatic heterocycles. The third-order valence-electron chi connectivity index (χ3n) is 2.89. The topological polar surface area (TPSA) is 35.2 Å². The lowest BCUT2D eigenvalue weighted by molar-refractivity contribution is 0.300. The highest BCUT2D eigenvalue weighted by molar-refractivity contribution is 9.10. The first-order valence-electron chi connectivity index (χ1n) is 6.46. The molecule has 0 spiro atoms. The van der Waals surface area contributed by atoms with Crippen LogP contribution in [0, 0.1) is 0 Å². The van der Waals surface area contributed by atoms with Gasteiger partial charge in [-0.1, -0.05) is 40.2 Å². The Morgan fingerprint density at radius 3 is 2.45 bits per heavy atom. The number of rotatable bonds is 5. The van der Waals surface area contributed by atoms with E-state index in [2.05, 4.69) is 37.9 Å². The van der Waals surface area contributed by atoms with Crippen LogP contribution in [-0.4, -0.2) is 6.04 Å². The summed E-state index contributed by atoms with van der Waals surface area (Å²) in [4.78, 5) is 0. The highest BCUT2D eigenvalue weighted by Crippen LogP contribution is 2.30. The fourth-order valence-corrected chi connectivity index (χ4v) is 2.74. The molecule has 1 unspecified atom stereocenters. The lowest BCUT2D eigenvalue weighted by Crippen LogP contribution is -2.18. The van der Waals surface area contributed by atoms with Gasteiger partial charge in [0.1, 0.15) is 12.4 Å². The van der Waals surface area contributed by atoms with Crippen LogP contribution in [-0.2, 0) is 13.0 Å². The largest absolute Gasteiger partial charge is 0.487 e. The molecule has 2 rings (SSSR count). The molecule has 2 aromatic carbocycles. The molecule has 0 radical (unpaired) electrons. The summed E-state index contributed by atoms with van der Waals surface area (Å²) in [7, 11) is 0. The summed E-state index contributed by atoms with van der Waals surface area (Å²) in [5.74, 6) is 0.882. The van der Waals surface area contributed by atoms with Crippen LogP contribution in [0.3, 0.4) is 0 Å². The smallest absolute Gasteiger partial charge is 0.137 e. The van der Waals surface area contributed by atoms with E-state index in [0.717, 1.165) is 32.2 Å². The minimum atomic E-state index is 0.110. The summed E-state index contributed by atoms with van der Waals surface area (Å²) in [6, 6.07) is 14.3. The molecule has 2 aromatic rings. The van der Waals surface area contributed by atoms with Gasteiger partial charge in [-0.05, 0) is 58.6 Å². The van der Waals surface area contributed by atoms with E-state index in [-0.39, 0.29) is 6.04 Å². The standard InChI is InChI=1S/C16H17Br2NO/c1-11(19)9-13-3-2-4-15(18)16(13)20-10-12-5-7-14(17)8-6-12/h2-8,11H,9-10,19H2,1H3. The number of hydrogen-bond acceptors (Lipinski definition) is 2. The summed E-state index contributed by atoms with van der Waals surface area (Å²) < 4.78 is 8.01. The molecule has 2 N–H and O–H groups in total. The fourth-order valence-electron chi connectivity index (χ4n) is 1.96. The van der Waals surface area contributed by atoms with E-state index in [9.17, 15) is 0 Å². The zero-order chi connectivity index (χ0) is 14.5. The van der Waals surface area contributed by atoms with E-state index >= 15 is 0 Å². The third-order valence-corrected chi connectivity index (χ3v) is 4.04. The van der Waals surface area contributed by atoms with Crippen LogP contribution in [0.4, 0.5) is 0 Å². The van der Waals surface area contributed by atoms with Crippen LogP contribution >= 0.6 is 31.9 Å². The van der Waals surface area contributed by atoms with Gasteiger partial charge in [-0.25, -0.2) is 0 Å². The second kappa shape index (κ2) is 7.25. The van der Waals surface area contributed by atoms with Gasteiger partial charge in [-0.15, -0.1) is 0 Å². The van der Waals surface area contributed by atoms with Crippen molar-refractivity contribution < 1.29 is 4.74 Å². The van der Waals surface area contributed by atoms with Crippen molar-refractivity contribution in [3.63, 3.8) is 0 Å². The average molecular weight is 399 g/mol. The predicted octanol–water partition coefficient (Wildman–Crippen LogP) is 4.68. The monoisotopic (exact) mass is 397 g/mol. The molecule has 0 heterocycles. The molecule has 0 aliphatic carbocycles. The molecular formula is C16H17Br2NO. The Morgan fingerprint density at radius 2 is 1.80 bits per heavy atom. The first-order valence-corrected chi connectivity index (χ1v) is 8.05. The minimum Gasteiger partial charge on any atom is -0.487 e. The molecule has 2 nitrogen and oxygen atoms in total. The molecule has 106 valence electrons. The van der Waals surface area contributed by atoms with Crippen molar-refractivity contribution in [2.75, 3.05) is 0 Å². The molecule has 0 aliphatic rings. The van der Waals surface area contributed by atoms with Crippen molar-refractivity contribution in [1.29, 1.82) is 0 Å². The Labute approximate surface area is 136 Å². The van der Waals surface area contributed by atoms with E-state index in [1.54, 1.807) is 0 Å². The first kappa shape index (κ1) is 15.5. The van der Waals surface area contributed by atoms with E-state index < -0.39 is 0 Å².